The van der Waals surface area contributed by atoms with Crippen LogP contribution in [0.1, 0.15) is 16.7 Å². The summed E-state index contributed by atoms with van der Waals surface area (Å²) in [5, 5.41) is 0. The van der Waals surface area contributed by atoms with Crippen LogP contribution in [0.3, 0.4) is 0 Å². The fourth-order valence-corrected chi connectivity index (χ4v) is 3.14. The van der Waals surface area contributed by atoms with Crippen molar-refractivity contribution < 1.29 is 21.6 Å². The third-order valence-electron chi connectivity index (χ3n) is 3.07. The molecule has 3 nitrogen and oxygen atoms in total. The molecule has 118 valence electrons. The van der Waals surface area contributed by atoms with Gasteiger partial charge in [0.25, 0.3) is 0 Å². The van der Waals surface area contributed by atoms with Crippen LogP contribution in [0.25, 0.3) is 0 Å². The minimum Gasteiger partial charge on any atom is -0.207 e. The van der Waals surface area contributed by atoms with Crippen LogP contribution in [0, 0.1) is 6.92 Å². The topological polar surface area (TPSA) is 46.2 Å². The minimum atomic E-state index is -4.73. The van der Waals surface area contributed by atoms with Crippen molar-refractivity contribution in [1.82, 2.24) is 4.72 Å². The van der Waals surface area contributed by atoms with Crippen molar-refractivity contribution in [3.05, 3.63) is 65.2 Å². The van der Waals surface area contributed by atoms with Gasteiger partial charge in [0.05, 0.1) is 10.5 Å². The molecule has 2 aromatic carbocycles. The van der Waals surface area contributed by atoms with Crippen molar-refractivity contribution in [2.75, 3.05) is 0 Å². The molecule has 0 amide bonds. The van der Waals surface area contributed by atoms with Crippen molar-refractivity contribution in [1.29, 1.82) is 0 Å². The van der Waals surface area contributed by atoms with Gasteiger partial charge >= 0.3 is 6.18 Å². The maximum Gasteiger partial charge on any atom is 0.417 e. The summed E-state index contributed by atoms with van der Waals surface area (Å²) in [6.07, 6.45) is -4.73. The summed E-state index contributed by atoms with van der Waals surface area (Å²) in [7, 11) is -4.25. The largest absolute Gasteiger partial charge is 0.417 e. The van der Waals surface area contributed by atoms with E-state index in [1.54, 1.807) is 24.3 Å². The van der Waals surface area contributed by atoms with E-state index in [1.807, 2.05) is 6.92 Å². The van der Waals surface area contributed by atoms with Crippen LogP contribution in [0.15, 0.2) is 53.4 Å². The third kappa shape index (κ3) is 3.86. The summed E-state index contributed by atoms with van der Waals surface area (Å²) in [4.78, 5) is -0.769. The molecule has 0 saturated heterocycles. The van der Waals surface area contributed by atoms with Gasteiger partial charge in [0.1, 0.15) is 0 Å². The van der Waals surface area contributed by atoms with Gasteiger partial charge < -0.3 is 0 Å². The molecule has 0 fully saturated rings. The normalized spacial score (nSPS) is 12.4. The van der Waals surface area contributed by atoms with E-state index in [0.717, 1.165) is 23.8 Å². The highest BCUT2D eigenvalue weighted by molar-refractivity contribution is 7.89. The molecule has 2 aromatic rings. The van der Waals surface area contributed by atoms with Gasteiger partial charge in [0.15, 0.2) is 0 Å². The van der Waals surface area contributed by atoms with Crippen molar-refractivity contribution in [3.8, 4) is 0 Å². The van der Waals surface area contributed by atoms with Gasteiger partial charge in [-0.25, -0.2) is 13.1 Å². The van der Waals surface area contributed by atoms with Crippen LogP contribution < -0.4 is 4.72 Å². The smallest absolute Gasteiger partial charge is 0.207 e. The summed E-state index contributed by atoms with van der Waals surface area (Å²) in [5.41, 5.74) is 0.499. The van der Waals surface area contributed by atoms with Crippen molar-refractivity contribution in [2.45, 2.75) is 24.5 Å². The van der Waals surface area contributed by atoms with Gasteiger partial charge in [-0.3, -0.25) is 0 Å². The first-order valence-corrected chi connectivity index (χ1v) is 7.90. The molecule has 0 atom stereocenters. The van der Waals surface area contributed by atoms with Gasteiger partial charge in [-0.15, -0.1) is 0 Å². The average Bonchev–Trinajstić information content (AvgIpc) is 2.46. The molecule has 0 aliphatic carbocycles. The van der Waals surface area contributed by atoms with E-state index in [-0.39, 0.29) is 6.54 Å². The Balaban J connectivity index is 2.26. The van der Waals surface area contributed by atoms with Crippen molar-refractivity contribution in [3.63, 3.8) is 0 Å². The van der Waals surface area contributed by atoms with Gasteiger partial charge in [0, 0.05) is 6.54 Å². The molecule has 0 aliphatic heterocycles. The predicted molar refractivity (Wildman–Crippen MR) is 76.6 cm³/mol. The zero-order valence-electron chi connectivity index (χ0n) is 11.7. The molecule has 22 heavy (non-hydrogen) atoms. The van der Waals surface area contributed by atoms with Gasteiger partial charge in [0.2, 0.25) is 10.0 Å². The molecule has 2 rings (SSSR count). The van der Waals surface area contributed by atoms with Crippen LogP contribution in [-0.4, -0.2) is 8.42 Å². The SMILES string of the molecule is Cc1ccc(CNS(=O)(=O)c2ccccc2C(F)(F)F)cc1. The molecular formula is C15H14F3NO2S. The Morgan fingerprint density at radius 1 is 1.00 bits per heavy atom. The summed E-state index contributed by atoms with van der Waals surface area (Å²) in [5.74, 6) is 0. The van der Waals surface area contributed by atoms with Crippen LogP contribution in [0.4, 0.5) is 13.2 Å². The van der Waals surface area contributed by atoms with E-state index in [2.05, 4.69) is 4.72 Å². The Labute approximate surface area is 126 Å². The van der Waals surface area contributed by atoms with Crippen molar-refractivity contribution >= 4 is 10.0 Å². The number of hydrogen-bond acceptors (Lipinski definition) is 2. The van der Waals surface area contributed by atoms with E-state index < -0.39 is 26.7 Å². The highest BCUT2D eigenvalue weighted by Gasteiger charge is 2.36. The first-order chi connectivity index (χ1) is 10.2. The Morgan fingerprint density at radius 2 is 1.59 bits per heavy atom. The Kier molecular flexibility index (Phi) is 4.58. The summed E-state index contributed by atoms with van der Waals surface area (Å²) in [6.45, 7) is 1.81. The molecule has 0 saturated carbocycles. The molecule has 1 N–H and O–H groups in total. The van der Waals surface area contributed by atoms with Crippen molar-refractivity contribution in [2.24, 2.45) is 0 Å². The minimum absolute atomic E-state index is 0.0746. The number of rotatable bonds is 4. The summed E-state index contributed by atoms with van der Waals surface area (Å²) < 4.78 is 65.1. The number of benzene rings is 2. The molecule has 0 bridgehead atoms. The standard InChI is InChI=1S/C15H14F3NO2S/c1-11-6-8-12(9-7-11)10-19-22(20,21)14-5-3-2-4-13(14)15(16,17)18/h2-9,19H,10H2,1H3. The molecule has 0 heterocycles. The highest BCUT2D eigenvalue weighted by atomic mass is 32.2. The Morgan fingerprint density at radius 3 is 2.18 bits per heavy atom. The van der Waals surface area contributed by atoms with E-state index >= 15 is 0 Å². The number of halogens is 3. The molecule has 0 aromatic heterocycles. The number of sulfonamides is 1. The fraction of sp³-hybridized carbons (Fsp3) is 0.200. The highest BCUT2D eigenvalue weighted by Crippen LogP contribution is 2.33. The number of alkyl halides is 3. The maximum absolute atomic E-state index is 12.9. The summed E-state index contributed by atoms with van der Waals surface area (Å²) in [6, 6.07) is 11.1. The molecule has 0 unspecified atom stereocenters. The Bertz CT molecular complexity index is 753. The monoisotopic (exact) mass is 329 g/mol. The Hall–Kier alpha value is -1.86. The lowest BCUT2D eigenvalue weighted by atomic mass is 10.2. The quantitative estimate of drug-likeness (QED) is 0.933. The lowest BCUT2D eigenvalue weighted by Crippen LogP contribution is -2.26. The van der Waals surface area contributed by atoms with Gasteiger partial charge in [-0.2, -0.15) is 13.2 Å². The molecule has 0 aliphatic rings. The second-order valence-electron chi connectivity index (χ2n) is 4.80. The van der Waals surface area contributed by atoms with Crippen LogP contribution in [0.2, 0.25) is 0 Å². The molecule has 0 spiro atoms. The second-order valence-corrected chi connectivity index (χ2v) is 6.54. The van der Waals surface area contributed by atoms with E-state index in [0.29, 0.717) is 5.56 Å². The first kappa shape index (κ1) is 16.5. The zero-order valence-corrected chi connectivity index (χ0v) is 12.5. The molecular weight excluding hydrogens is 315 g/mol. The molecule has 0 radical (unpaired) electrons. The van der Waals surface area contributed by atoms with Crippen LogP contribution in [0.5, 0.6) is 0 Å². The summed E-state index contributed by atoms with van der Waals surface area (Å²) >= 11 is 0. The lowest BCUT2D eigenvalue weighted by Gasteiger charge is -2.13. The van der Waals surface area contributed by atoms with Gasteiger partial charge in [-0.1, -0.05) is 42.0 Å². The number of nitrogens with one attached hydrogen (secondary N) is 1. The molecule has 7 heteroatoms. The van der Waals surface area contributed by atoms with Crippen LogP contribution >= 0.6 is 0 Å². The van der Waals surface area contributed by atoms with Crippen LogP contribution in [-0.2, 0) is 22.7 Å². The lowest BCUT2D eigenvalue weighted by molar-refractivity contribution is -0.139. The number of hydrogen-bond donors (Lipinski definition) is 1. The second kappa shape index (κ2) is 6.10. The average molecular weight is 329 g/mol. The van der Waals surface area contributed by atoms with E-state index in [9.17, 15) is 21.6 Å². The van der Waals surface area contributed by atoms with E-state index in [4.69, 9.17) is 0 Å². The maximum atomic E-state index is 12.9. The third-order valence-corrected chi connectivity index (χ3v) is 4.53. The number of aryl methyl sites for hydroxylation is 1. The van der Waals surface area contributed by atoms with Gasteiger partial charge in [-0.05, 0) is 24.6 Å². The predicted octanol–water partition coefficient (Wildman–Crippen LogP) is 3.49. The first-order valence-electron chi connectivity index (χ1n) is 6.41. The fourth-order valence-electron chi connectivity index (χ4n) is 1.90. The zero-order chi connectivity index (χ0) is 16.4. The van der Waals surface area contributed by atoms with E-state index in [1.165, 1.54) is 6.07 Å².